The largest absolute Gasteiger partial charge is 0.496 e. The van der Waals surface area contributed by atoms with Gasteiger partial charge >= 0.3 is 0 Å². The first-order valence-corrected chi connectivity index (χ1v) is 10.5. The van der Waals surface area contributed by atoms with E-state index in [0.29, 0.717) is 12.0 Å². The Balaban J connectivity index is 1.40. The monoisotopic (exact) mass is 372 g/mol. The molecule has 0 spiro atoms. The highest BCUT2D eigenvalue weighted by atomic mass is 16.5. The average molecular weight is 373 g/mol. The molecule has 1 aromatic carbocycles. The van der Waals surface area contributed by atoms with Crippen LogP contribution in [0.2, 0.25) is 0 Å². The molecule has 27 heavy (non-hydrogen) atoms. The second-order valence-electron chi connectivity index (χ2n) is 8.19. The van der Waals surface area contributed by atoms with Crippen LogP contribution in [0.5, 0.6) is 5.75 Å². The molecule has 0 bridgehead atoms. The van der Waals surface area contributed by atoms with Crippen molar-refractivity contribution in [3.05, 3.63) is 28.8 Å². The molecule has 4 rings (SSSR count). The SMILES string of the molecule is COc1cc2c(cc1C(=O)N1CCC([C@H](C)N3CCOCC3)CC1)CCC2. The molecule has 2 saturated heterocycles. The predicted octanol–water partition coefficient (Wildman–Crippen LogP) is 2.76. The Morgan fingerprint density at radius 3 is 2.44 bits per heavy atom. The van der Waals surface area contributed by atoms with E-state index in [1.165, 1.54) is 17.5 Å². The molecule has 1 atom stereocenters. The molecular weight excluding hydrogens is 340 g/mol. The Morgan fingerprint density at radius 2 is 1.78 bits per heavy atom. The first-order valence-electron chi connectivity index (χ1n) is 10.5. The van der Waals surface area contributed by atoms with Gasteiger partial charge in [0.25, 0.3) is 5.91 Å². The van der Waals surface area contributed by atoms with Crippen molar-refractivity contribution in [3.8, 4) is 5.75 Å². The number of amides is 1. The maximum atomic E-state index is 13.2. The molecule has 1 aliphatic carbocycles. The molecule has 148 valence electrons. The highest BCUT2D eigenvalue weighted by Gasteiger charge is 2.31. The molecule has 1 aromatic rings. The van der Waals surface area contributed by atoms with E-state index >= 15 is 0 Å². The molecule has 0 radical (unpaired) electrons. The summed E-state index contributed by atoms with van der Waals surface area (Å²) in [6.07, 6.45) is 5.53. The summed E-state index contributed by atoms with van der Waals surface area (Å²) in [5.74, 6) is 1.54. The zero-order valence-electron chi connectivity index (χ0n) is 16.7. The molecule has 2 aliphatic heterocycles. The lowest BCUT2D eigenvalue weighted by atomic mass is 9.89. The molecule has 1 amide bonds. The molecule has 5 heteroatoms. The average Bonchev–Trinajstić information content (AvgIpc) is 3.20. The van der Waals surface area contributed by atoms with Crippen molar-refractivity contribution in [2.45, 2.75) is 45.1 Å². The molecule has 0 aromatic heterocycles. The predicted molar refractivity (Wildman–Crippen MR) is 106 cm³/mol. The van der Waals surface area contributed by atoms with Gasteiger partial charge in [-0.05, 0) is 68.2 Å². The summed E-state index contributed by atoms with van der Waals surface area (Å²) in [7, 11) is 1.67. The highest BCUT2D eigenvalue weighted by Crippen LogP contribution is 2.32. The van der Waals surface area contributed by atoms with Crippen LogP contribution in [0.4, 0.5) is 0 Å². The van der Waals surface area contributed by atoms with Crippen LogP contribution >= 0.6 is 0 Å². The number of likely N-dealkylation sites (tertiary alicyclic amines) is 1. The van der Waals surface area contributed by atoms with Gasteiger partial charge in [0.15, 0.2) is 0 Å². The van der Waals surface area contributed by atoms with Gasteiger partial charge in [0, 0.05) is 32.2 Å². The van der Waals surface area contributed by atoms with E-state index in [4.69, 9.17) is 9.47 Å². The Bertz CT molecular complexity index is 676. The van der Waals surface area contributed by atoms with E-state index in [9.17, 15) is 4.79 Å². The molecule has 2 heterocycles. The van der Waals surface area contributed by atoms with Crippen LogP contribution in [0, 0.1) is 5.92 Å². The number of methoxy groups -OCH3 is 1. The van der Waals surface area contributed by atoms with Crippen molar-refractivity contribution in [2.24, 2.45) is 5.92 Å². The van der Waals surface area contributed by atoms with E-state index in [-0.39, 0.29) is 5.91 Å². The normalized spacial score (nSPS) is 22.5. The minimum Gasteiger partial charge on any atom is -0.496 e. The molecule has 0 saturated carbocycles. The Hall–Kier alpha value is -1.59. The third-order valence-corrected chi connectivity index (χ3v) is 6.78. The lowest BCUT2D eigenvalue weighted by Gasteiger charge is -2.41. The number of benzene rings is 1. The van der Waals surface area contributed by atoms with Gasteiger partial charge in [-0.3, -0.25) is 9.69 Å². The standard InChI is InChI=1S/C22H32N2O3/c1-16(23-10-12-27-13-11-23)17-6-8-24(9-7-17)22(25)20-14-18-4-3-5-19(18)15-21(20)26-2/h14-17H,3-13H2,1-2H3/t16-/m0/s1. The van der Waals surface area contributed by atoms with E-state index in [0.717, 1.165) is 76.4 Å². The number of aryl methyl sites for hydroxylation is 2. The Kier molecular flexibility index (Phi) is 5.69. The lowest BCUT2D eigenvalue weighted by Crippen LogP contribution is -2.49. The van der Waals surface area contributed by atoms with E-state index in [2.05, 4.69) is 24.0 Å². The van der Waals surface area contributed by atoms with Crippen LogP contribution in [-0.4, -0.2) is 68.3 Å². The second-order valence-corrected chi connectivity index (χ2v) is 8.19. The summed E-state index contributed by atoms with van der Waals surface area (Å²) >= 11 is 0. The number of ether oxygens (including phenoxy) is 2. The summed E-state index contributed by atoms with van der Waals surface area (Å²) in [4.78, 5) is 17.8. The molecular formula is C22H32N2O3. The van der Waals surface area contributed by atoms with E-state index in [1.807, 2.05) is 4.90 Å². The van der Waals surface area contributed by atoms with Crippen LogP contribution in [0.15, 0.2) is 12.1 Å². The first kappa shape index (κ1) is 18.8. The summed E-state index contributed by atoms with van der Waals surface area (Å²) in [5, 5.41) is 0. The van der Waals surface area contributed by atoms with Gasteiger partial charge < -0.3 is 14.4 Å². The first-order chi connectivity index (χ1) is 13.2. The van der Waals surface area contributed by atoms with Crippen LogP contribution in [0.1, 0.15) is 47.7 Å². The quantitative estimate of drug-likeness (QED) is 0.815. The van der Waals surface area contributed by atoms with Crippen LogP contribution in [0.25, 0.3) is 0 Å². The van der Waals surface area contributed by atoms with Crippen molar-refractivity contribution in [3.63, 3.8) is 0 Å². The van der Waals surface area contributed by atoms with Gasteiger partial charge in [0.1, 0.15) is 5.75 Å². The summed E-state index contributed by atoms with van der Waals surface area (Å²) in [6.45, 7) is 7.80. The minimum absolute atomic E-state index is 0.138. The van der Waals surface area contributed by atoms with Crippen LogP contribution in [0.3, 0.4) is 0 Å². The Morgan fingerprint density at radius 1 is 1.11 bits per heavy atom. The van der Waals surface area contributed by atoms with Gasteiger partial charge in [-0.2, -0.15) is 0 Å². The molecule has 0 N–H and O–H groups in total. The number of fused-ring (bicyclic) bond motifs is 1. The zero-order valence-corrected chi connectivity index (χ0v) is 16.7. The zero-order chi connectivity index (χ0) is 18.8. The number of morpholine rings is 1. The third-order valence-electron chi connectivity index (χ3n) is 6.78. The lowest BCUT2D eigenvalue weighted by molar-refractivity contribution is -0.000966. The molecule has 0 unspecified atom stereocenters. The van der Waals surface area contributed by atoms with Gasteiger partial charge in [0.2, 0.25) is 0 Å². The van der Waals surface area contributed by atoms with Crippen molar-refractivity contribution in [1.82, 2.24) is 9.80 Å². The molecule has 3 aliphatic rings. The van der Waals surface area contributed by atoms with Crippen LogP contribution < -0.4 is 4.74 Å². The smallest absolute Gasteiger partial charge is 0.257 e. The number of hydrogen-bond donors (Lipinski definition) is 0. The number of carbonyl (C=O) groups excluding carboxylic acids is 1. The molecule has 2 fully saturated rings. The molecule has 5 nitrogen and oxygen atoms in total. The number of piperidine rings is 1. The summed E-state index contributed by atoms with van der Waals surface area (Å²) < 4.78 is 11.0. The maximum absolute atomic E-state index is 13.2. The van der Waals surface area contributed by atoms with Gasteiger partial charge in [-0.25, -0.2) is 0 Å². The van der Waals surface area contributed by atoms with Crippen LogP contribution in [-0.2, 0) is 17.6 Å². The number of nitrogens with zero attached hydrogens (tertiary/aromatic N) is 2. The van der Waals surface area contributed by atoms with Crippen molar-refractivity contribution in [2.75, 3.05) is 46.5 Å². The number of carbonyl (C=O) groups is 1. The fourth-order valence-corrected chi connectivity index (χ4v) is 4.98. The van der Waals surface area contributed by atoms with E-state index < -0.39 is 0 Å². The van der Waals surface area contributed by atoms with Crippen molar-refractivity contribution in [1.29, 1.82) is 0 Å². The van der Waals surface area contributed by atoms with Gasteiger partial charge in [-0.1, -0.05) is 0 Å². The van der Waals surface area contributed by atoms with Crippen molar-refractivity contribution < 1.29 is 14.3 Å². The minimum atomic E-state index is 0.138. The fraction of sp³-hybridized carbons (Fsp3) is 0.682. The number of hydrogen-bond acceptors (Lipinski definition) is 4. The number of rotatable bonds is 4. The van der Waals surface area contributed by atoms with Gasteiger partial charge in [-0.15, -0.1) is 0 Å². The Labute approximate surface area is 162 Å². The second kappa shape index (κ2) is 8.19. The third kappa shape index (κ3) is 3.85. The maximum Gasteiger partial charge on any atom is 0.257 e. The summed E-state index contributed by atoms with van der Waals surface area (Å²) in [6, 6.07) is 4.75. The topological polar surface area (TPSA) is 42.0 Å². The summed E-state index contributed by atoms with van der Waals surface area (Å²) in [5.41, 5.74) is 3.43. The van der Waals surface area contributed by atoms with Gasteiger partial charge in [0.05, 0.1) is 25.9 Å². The van der Waals surface area contributed by atoms with E-state index in [1.54, 1.807) is 7.11 Å². The van der Waals surface area contributed by atoms with Crippen molar-refractivity contribution >= 4 is 5.91 Å². The highest BCUT2D eigenvalue weighted by molar-refractivity contribution is 5.97. The fourth-order valence-electron chi connectivity index (χ4n) is 4.98.